The topological polar surface area (TPSA) is 110 Å². The van der Waals surface area contributed by atoms with Crippen LogP contribution in [0.25, 0.3) is 5.65 Å². The molecule has 0 aromatic carbocycles. The zero-order valence-electron chi connectivity index (χ0n) is 8.94. The molecule has 17 heavy (non-hydrogen) atoms. The predicted molar refractivity (Wildman–Crippen MR) is 57.0 cm³/mol. The third kappa shape index (κ3) is 1.77. The van der Waals surface area contributed by atoms with Gasteiger partial charge in [-0.2, -0.15) is 5.10 Å². The van der Waals surface area contributed by atoms with Crippen LogP contribution in [0.3, 0.4) is 0 Å². The van der Waals surface area contributed by atoms with Crippen molar-refractivity contribution in [3.8, 4) is 0 Å². The first-order chi connectivity index (χ1) is 8.33. The average molecular weight is 231 g/mol. The van der Waals surface area contributed by atoms with E-state index in [4.69, 9.17) is 0 Å². The molecule has 0 bridgehead atoms. The molecule has 0 spiro atoms. The molecule has 1 unspecified atom stereocenters. The number of nitrogens with one attached hydrogen (secondary N) is 2. The Morgan fingerprint density at radius 2 is 2.35 bits per heavy atom. The van der Waals surface area contributed by atoms with Crippen LogP contribution in [-0.4, -0.2) is 40.4 Å². The van der Waals surface area contributed by atoms with E-state index in [1.165, 1.54) is 11.0 Å². The van der Waals surface area contributed by atoms with E-state index < -0.39 is 0 Å². The summed E-state index contributed by atoms with van der Waals surface area (Å²) in [5, 5.41) is 24.9. The first-order valence-corrected chi connectivity index (χ1v) is 5.00. The molecule has 0 aliphatic heterocycles. The second kappa shape index (κ2) is 3.77. The molecule has 3 rings (SSSR count). The van der Waals surface area contributed by atoms with Gasteiger partial charge in [-0.15, -0.1) is 14.8 Å². The normalized spacial score (nSPS) is 12.8. The molecule has 9 heteroatoms. The van der Waals surface area contributed by atoms with E-state index in [1.807, 2.05) is 6.92 Å². The van der Waals surface area contributed by atoms with Crippen molar-refractivity contribution in [2.24, 2.45) is 0 Å². The summed E-state index contributed by atoms with van der Waals surface area (Å²) < 4.78 is 1.36. The fourth-order valence-corrected chi connectivity index (χ4v) is 1.44. The summed E-state index contributed by atoms with van der Waals surface area (Å²) in [4.78, 5) is 4.06. The highest BCUT2D eigenvalue weighted by molar-refractivity contribution is 5.42. The van der Waals surface area contributed by atoms with E-state index in [-0.39, 0.29) is 6.04 Å². The van der Waals surface area contributed by atoms with Gasteiger partial charge in [0.05, 0.1) is 6.04 Å². The molecule has 0 aliphatic rings. The van der Waals surface area contributed by atoms with Crippen LogP contribution in [0.1, 0.15) is 18.8 Å². The number of fused-ring (bicyclic) bond motifs is 1. The summed E-state index contributed by atoms with van der Waals surface area (Å²) in [6, 6.07) is 3.56. The van der Waals surface area contributed by atoms with Crippen LogP contribution in [0.15, 0.2) is 18.5 Å². The van der Waals surface area contributed by atoms with Gasteiger partial charge in [-0.05, 0) is 29.5 Å². The van der Waals surface area contributed by atoms with Crippen LogP contribution < -0.4 is 5.32 Å². The highest BCUT2D eigenvalue weighted by Gasteiger charge is 2.09. The number of aromatic nitrogens is 8. The molecular formula is C8H9N9. The minimum Gasteiger partial charge on any atom is -0.359 e. The van der Waals surface area contributed by atoms with Crippen molar-refractivity contribution in [1.29, 1.82) is 0 Å². The Morgan fingerprint density at radius 1 is 1.41 bits per heavy atom. The van der Waals surface area contributed by atoms with Crippen LogP contribution in [0.4, 0.5) is 5.82 Å². The lowest BCUT2D eigenvalue weighted by atomic mass is 10.3. The van der Waals surface area contributed by atoms with Crippen molar-refractivity contribution in [2.45, 2.75) is 13.0 Å². The Hall–Kier alpha value is -2.58. The molecule has 0 aliphatic carbocycles. The van der Waals surface area contributed by atoms with Crippen molar-refractivity contribution in [3.63, 3.8) is 0 Å². The first kappa shape index (κ1) is 9.63. The third-order valence-electron chi connectivity index (χ3n) is 2.28. The van der Waals surface area contributed by atoms with E-state index in [0.717, 1.165) is 5.82 Å². The van der Waals surface area contributed by atoms with E-state index >= 15 is 0 Å². The highest BCUT2D eigenvalue weighted by Crippen LogP contribution is 2.13. The van der Waals surface area contributed by atoms with Crippen molar-refractivity contribution in [3.05, 3.63) is 24.3 Å². The van der Waals surface area contributed by atoms with Gasteiger partial charge in [-0.25, -0.2) is 4.98 Å². The number of rotatable bonds is 3. The number of aromatic amines is 1. The summed E-state index contributed by atoms with van der Waals surface area (Å²) in [5.74, 6) is 1.40. The second-order valence-electron chi connectivity index (χ2n) is 3.48. The van der Waals surface area contributed by atoms with Gasteiger partial charge in [0, 0.05) is 0 Å². The van der Waals surface area contributed by atoms with Gasteiger partial charge in [-0.3, -0.25) is 5.10 Å². The minimum atomic E-state index is -0.0288. The van der Waals surface area contributed by atoms with Gasteiger partial charge in [-0.1, -0.05) is 0 Å². The maximum Gasteiger partial charge on any atom is 0.200 e. The van der Waals surface area contributed by atoms with Crippen molar-refractivity contribution in [2.75, 3.05) is 5.32 Å². The van der Waals surface area contributed by atoms with Crippen LogP contribution in [0.2, 0.25) is 0 Å². The number of hydrogen-bond acceptors (Lipinski definition) is 7. The number of nitrogens with zero attached hydrogens (tertiary/aromatic N) is 7. The predicted octanol–water partition coefficient (Wildman–Crippen LogP) is -0.190. The Morgan fingerprint density at radius 3 is 3.18 bits per heavy atom. The monoisotopic (exact) mass is 231 g/mol. The molecular weight excluding hydrogens is 222 g/mol. The fourth-order valence-electron chi connectivity index (χ4n) is 1.44. The molecule has 0 fully saturated rings. The maximum atomic E-state index is 4.19. The van der Waals surface area contributed by atoms with Crippen LogP contribution in [-0.2, 0) is 0 Å². The van der Waals surface area contributed by atoms with Gasteiger partial charge in [0.2, 0.25) is 0 Å². The standard InChI is InChI=1S/C8H9N9/c1-5(8-9-4-10-13-8)11-6-2-3-7-12-15-16-17(7)14-6/h2-5H,1H3,(H,11,14)(H,9,10,13). The van der Waals surface area contributed by atoms with E-state index in [2.05, 4.69) is 41.1 Å². The Kier molecular flexibility index (Phi) is 2.14. The van der Waals surface area contributed by atoms with Crippen LogP contribution in [0, 0.1) is 0 Å². The van der Waals surface area contributed by atoms with Crippen molar-refractivity contribution < 1.29 is 0 Å². The van der Waals surface area contributed by atoms with Gasteiger partial charge in [0.25, 0.3) is 0 Å². The summed E-state index contributed by atoms with van der Waals surface area (Å²) in [7, 11) is 0. The maximum absolute atomic E-state index is 4.19. The van der Waals surface area contributed by atoms with Crippen molar-refractivity contribution >= 4 is 11.5 Å². The van der Waals surface area contributed by atoms with Crippen LogP contribution >= 0.6 is 0 Å². The lowest BCUT2D eigenvalue weighted by Crippen LogP contribution is -2.11. The van der Waals surface area contributed by atoms with Gasteiger partial charge in [0.15, 0.2) is 5.65 Å². The highest BCUT2D eigenvalue weighted by atomic mass is 15.6. The molecule has 0 radical (unpaired) electrons. The largest absolute Gasteiger partial charge is 0.359 e. The van der Waals surface area contributed by atoms with Gasteiger partial charge in [0.1, 0.15) is 18.0 Å². The summed E-state index contributed by atoms with van der Waals surface area (Å²) in [6.07, 6.45) is 1.46. The molecule has 0 saturated heterocycles. The molecule has 3 aromatic heterocycles. The smallest absolute Gasteiger partial charge is 0.200 e. The Bertz CT molecular complexity index is 613. The molecule has 1 atom stereocenters. The van der Waals surface area contributed by atoms with Crippen molar-refractivity contribution in [1.82, 2.24) is 40.4 Å². The molecule has 9 nitrogen and oxygen atoms in total. The number of anilines is 1. The van der Waals surface area contributed by atoms with E-state index in [9.17, 15) is 0 Å². The zero-order valence-corrected chi connectivity index (χ0v) is 8.94. The zero-order chi connectivity index (χ0) is 11.7. The Labute approximate surface area is 95.3 Å². The molecule has 2 N–H and O–H groups in total. The number of hydrogen-bond donors (Lipinski definition) is 2. The molecule has 3 aromatic rings. The summed E-state index contributed by atoms with van der Waals surface area (Å²) in [5.41, 5.74) is 0.600. The fraction of sp³-hybridized carbons (Fsp3) is 0.250. The third-order valence-corrected chi connectivity index (χ3v) is 2.28. The second-order valence-corrected chi connectivity index (χ2v) is 3.48. The first-order valence-electron chi connectivity index (χ1n) is 5.00. The molecule has 3 heterocycles. The summed E-state index contributed by atoms with van der Waals surface area (Å²) >= 11 is 0. The number of H-pyrrole nitrogens is 1. The molecule has 0 amide bonds. The average Bonchev–Trinajstić information content (AvgIpc) is 2.99. The SMILES string of the molecule is CC(Nc1ccc2nnnn2n1)c1ncn[nH]1. The Balaban J connectivity index is 1.84. The van der Waals surface area contributed by atoms with E-state index in [1.54, 1.807) is 12.1 Å². The van der Waals surface area contributed by atoms with Crippen LogP contribution in [0.5, 0.6) is 0 Å². The lowest BCUT2D eigenvalue weighted by Gasteiger charge is -2.10. The minimum absolute atomic E-state index is 0.0288. The molecule has 0 saturated carbocycles. The van der Waals surface area contributed by atoms with Gasteiger partial charge >= 0.3 is 0 Å². The summed E-state index contributed by atoms with van der Waals surface area (Å²) in [6.45, 7) is 1.95. The molecule has 86 valence electrons. The number of tetrazole rings is 1. The lowest BCUT2D eigenvalue weighted by molar-refractivity contribution is 0.721. The van der Waals surface area contributed by atoms with E-state index in [0.29, 0.717) is 11.5 Å². The van der Waals surface area contributed by atoms with Gasteiger partial charge < -0.3 is 5.32 Å². The quantitative estimate of drug-likeness (QED) is 0.642.